The van der Waals surface area contributed by atoms with Crippen molar-refractivity contribution in [3.05, 3.63) is 68.8 Å². The highest BCUT2D eigenvalue weighted by molar-refractivity contribution is 14.1. The van der Waals surface area contributed by atoms with Crippen molar-refractivity contribution in [2.75, 3.05) is 0 Å². The van der Waals surface area contributed by atoms with Crippen molar-refractivity contribution >= 4 is 22.6 Å². The van der Waals surface area contributed by atoms with Crippen LogP contribution in [0.2, 0.25) is 0 Å². The molecule has 2 aromatic carbocycles. The normalized spacial score (nSPS) is 10.4. The molecule has 2 rings (SSSR count). The van der Waals surface area contributed by atoms with Crippen LogP contribution in [0.15, 0.2) is 48.5 Å². The summed E-state index contributed by atoms with van der Waals surface area (Å²) in [5.41, 5.74) is 9.55. The third-order valence-electron chi connectivity index (χ3n) is 2.59. The summed E-state index contributed by atoms with van der Waals surface area (Å²) < 4.78 is 1.26. The van der Waals surface area contributed by atoms with Gasteiger partial charge in [0.15, 0.2) is 0 Å². The van der Waals surface area contributed by atoms with Crippen LogP contribution in [0.3, 0.4) is 0 Å². The summed E-state index contributed by atoms with van der Waals surface area (Å²) in [6.45, 7) is 0.615. The van der Waals surface area contributed by atoms with Gasteiger partial charge in [-0.05, 0) is 51.8 Å². The van der Waals surface area contributed by atoms with Crippen molar-refractivity contribution in [2.45, 2.75) is 13.0 Å². The highest BCUT2D eigenvalue weighted by atomic mass is 127. The molecule has 0 spiro atoms. The molecule has 0 unspecified atom stereocenters. The zero-order valence-corrected chi connectivity index (χ0v) is 11.1. The van der Waals surface area contributed by atoms with Gasteiger partial charge in [0.05, 0.1) is 0 Å². The van der Waals surface area contributed by atoms with Gasteiger partial charge in [0.2, 0.25) is 0 Å². The van der Waals surface area contributed by atoms with Gasteiger partial charge in [0, 0.05) is 10.1 Å². The fraction of sp³-hybridized carbons (Fsp3) is 0.143. The molecule has 0 aliphatic rings. The van der Waals surface area contributed by atoms with E-state index in [9.17, 15) is 0 Å². The van der Waals surface area contributed by atoms with Gasteiger partial charge in [0.25, 0.3) is 0 Å². The Balaban J connectivity index is 2.20. The van der Waals surface area contributed by atoms with E-state index < -0.39 is 0 Å². The summed E-state index contributed by atoms with van der Waals surface area (Å²) in [5, 5.41) is 0. The molecule has 0 amide bonds. The second-order valence-electron chi connectivity index (χ2n) is 3.79. The van der Waals surface area contributed by atoms with E-state index in [0.717, 1.165) is 6.42 Å². The Bertz CT molecular complexity index is 465. The Morgan fingerprint density at radius 3 is 2.31 bits per heavy atom. The highest BCUT2D eigenvalue weighted by Crippen LogP contribution is 2.16. The topological polar surface area (TPSA) is 26.0 Å². The molecule has 1 nitrogen and oxygen atoms in total. The molecule has 0 bridgehead atoms. The van der Waals surface area contributed by atoms with E-state index in [2.05, 4.69) is 65.1 Å². The molecule has 0 heterocycles. The van der Waals surface area contributed by atoms with Gasteiger partial charge >= 0.3 is 0 Å². The lowest BCUT2D eigenvalue weighted by Crippen LogP contribution is -2.00. The summed E-state index contributed by atoms with van der Waals surface area (Å²) >= 11 is 2.35. The zero-order valence-electron chi connectivity index (χ0n) is 8.99. The summed E-state index contributed by atoms with van der Waals surface area (Å²) in [6.07, 6.45) is 0.988. The van der Waals surface area contributed by atoms with E-state index in [1.807, 2.05) is 6.07 Å². The Hall–Kier alpha value is -0.870. The molecule has 0 saturated heterocycles. The molecule has 2 N–H and O–H groups in total. The van der Waals surface area contributed by atoms with Crippen molar-refractivity contribution in [2.24, 2.45) is 5.73 Å². The molecule has 0 radical (unpaired) electrons. The molecule has 0 fully saturated rings. The van der Waals surface area contributed by atoms with Gasteiger partial charge < -0.3 is 5.73 Å². The molecule has 82 valence electrons. The average Bonchev–Trinajstić information content (AvgIpc) is 2.31. The summed E-state index contributed by atoms with van der Waals surface area (Å²) in [5.74, 6) is 0. The first-order valence-corrected chi connectivity index (χ1v) is 6.39. The fourth-order valence-corrected chi connectivity index (χ4v) is 2.50. The number of rotatable bonds is 3. The minimum absolute atomic E-state index is 0.615. The Labute approximate surface area is 110 Å². The number of halogens is 1. The fourth-order valence-electron chi connectivity index (χ4n) is 1.70. The van der Waals surface area contributed by atoms with E-state index in [1.54, 1.807) is 0 Å². The first-order valence-electron chi connectivity index (χ1n) is 5.31. The van der Waals surface area contributed by atoms with Gasteiger partial charge in [-0.1, -0.05) is 42.5 Å². The van der Waals surface area contributed by atoms with Gasteiger partial charge in [0.1, 0.15) is 0 Å². The van der Waals surface area contributed by atoms with Crippen LogP contribution in [0.1, 0.15) is 16.7 Å². The molecular formula is C14H14IN. The van der Waals surface area contributed by atoms with E-state index in [0.29, 0.717) is 6.54 Å². The summed E-state index contributed by atoms with van der Waals surface area (Å²) in [4.78, 5) is 0. The molecule has 0 atom stereocenters. The highest BCUT2D eigenvalue weighted by Gasteiger charge is 2.00. The first kappa shape index (κ1) is 11.6. The maximum atomic E-state index is 5.65. The molecule has 0 saturated carbocycles. The van der Waals surface area contributed by atoms with E-state index in [4.69, 9.17) is 5.73 Å². The van der Waals surface area contributed by atoms with E-state index in [1.165, 1.54) is 20.3 Å². The third kappa shape index (κ3) is 2.83. The monoisotopic (exact) mass is 323 g/mol. The molecule has 0 aliphatic heterocycles. The lowest BCUT2D eigenvalue weighted by atomic mass is 10.0. The largest absolute Gasteiger partial charge is 0.326 e. The number of benzene rings is 2. The first-order chi connectivity index (χ1) is 7.79. The van der Waals surface area contributed by atoms with Crippen LogP contribution in [0.4, 0.5) is 0 Å². The Kier molecular flexibility index (Phi) is 3.96. The Morgan fingerprint density at radius 2 is 1.69 bits per heavy atom. The van der Waals surface area contributed by atoms with Gasteiger partial charge in [-0.2, -0.15) is 0 Å². The number of hydrogen-bond acceptors (Lipinski definition) is 1. The van der Waals surface area contributed by atoms with Crippen molar-refractivity contribution in [3.63, 3.8) is 0 Å². The van der Waals surface area contributed by atoms with Crippen LogP contribution < -0.4 is 5.73 Å². The maximum Gasteiger partial charge on any atom is 0.0188 e. The van der Waals surface area contributed by atoms with Gasteiger partial charge in [-0.3, -0.25) is 0 Å². The van der Waals surface area contributed by atoms with Crippen LogP contribution in [-0.2, 0) is 13.0 Å². The molecular weight excluding hydrogens is 309 g/mol. The molecule has 0 aromatic heterocycles. The lowest BCUT2D eigenvalue weighted by molar-refractivity contribution is 1.05. The molecule has 0 aliphatic carbocycles. The van der Waals surface area contributed by atoms with Crippen LogP contribution in [-0.4, -0.2) is 0 Å². The van der Waals surface area contributed by atoms with E-state index >= 15 is 0 Å². The maximum absolute atomic E-state index is 5.65. The standard InChI is InChI=1S/C14H14IN/c15-14-9-12(6-7-13(14)10-16)8-11-4-2-1-3-5-11/h1-7,9H,8,10,16H2. The lowest BCUT2D eigenvalue weighted by Gasteiger charge is -2.06. The summed E-state index contributed by atoms with van der Waals surface area (Å²) in [6, 6.07) is 17.0. The number of nitrogens with two attached hydrogens (primary N) is 1. The van der Waals surface area contributed by atoms with Crippen LogP contribution in [0.25, 0.3) is 0 Å². The van der Waals surface area contributed by atoms with Crippen molar-refractivity contribution in [1.82, 2.24) is 0 Å². The Morgan fingerprint density at radius 1 is 0.938 bits per heavy atom. The quantitative estimate of drug-likeness (QED) is 0.862. The summed E-state index contributed by atoms with van der Waals surface area (Å²) in [7, 11) is 0. The number of hydrogen-bond donors (Lipinski definition) is 1. The second kappa shape index (κ2) is 5.46. The minimum Gasteiger partial charge on any atom is -0.326 e. The SMILES string of the molecule is NCc1ccc(Cc2ccccc2)cc1I. The molecule has 2 aromatic rings. The van der Waals surface area contributed by atoms with Crippen LogP contribution in [0, 0.1) is 3.57 Å². The third-order valence-corrected chi connectivity index (χ3v) is 3.59. The second-order valence-corrected chi connectivity index (χ2v) is 4.95. The average molecular weight is 323 g/mol. The van der Waals surface area contributed by atoms with Crippen molar-refractivity contribution in [1.29, 1.82) is 0 Å². The van der Waals surface area contributed by atoms with Gasteiger partial charge in [-0.25, -0.2) is 0 Å². The predicted molar refractivity (Wildman–Crippen MR) is 76.3 cm³/mol. The molecule has 2 heteroatoms. The van der Waals surface area contributed by atoms with Gasteiger partial charge in [-0.15, -0.1) is 0 Å². The van der Waals surface area contributed by atoms with Crippen molar-refractivity contribution < 1.29 is 0 Å². The molecule has 16 heavy (non-hydrogen) atoms. The minimum atomic E-state index is 0.615. The van der Waals surface area contributed by atoms with Crippen molar-refractivity contribution in [3.8, 4) is 0 Å². The smallest absolute Gasteiger partial charge is 0.0188 e. The van der Waals surface area contributed by atoms with E-state index in [-0.39, 0.29) is 0 Å². The van der Waals surface area contributed by atoms with Crippen LogP contribution in [0.5, 0.6) is 0 Å². The predicted octanol–water partition coefficient (Wildman–Crippen LogP) is 3.34. The zero-order chi connectivity index (χ0) is 11.4. The van der Waals surface area contributed by atoms with Crippen LogP contribution >= 0.6 is 22.6 Å².